The van der Waals surface area contributed by atoms with Crippen LogP contribution in [0.1, 0.15) is 119 Å². The van der Waals surface area contributed by atoms with E-state index in [1.807, 2.05) is 0 Å². The Labute approximate surface area is 252 Å². The zero-order valence-electron chi connectivity index (χ0n) is 23.3. The maximum Gasteiger partial charge on any atom is 1.00 e. The summed E-state index contributed by atoms with van der Waals surface area (Å²) in [6.07, 6.45) is 19.0. The molecule has 4 N–H and O–H groups in total. The number of rotatable bonds is 20. The van der Waals surface area contributed by atoms with Gasteiger partial charge in [-0.2, -0.15) is 8.42 Å². The predicted octanol–water partition coefficient (Wildman–Crippen LogP) is -0.632. The van der Waals surface area contributed by atoms with E-state index >= 15 is 0 Å². The van der Waals surface area contributed by atoms with Crippen LogP contribution in [0.4, 0.5) is 0 Å². The summed E-state index contributed by atoms with van der Waals surface area (Å²) >= 11 is 0. The van der Waals surface area contributed by atoms with Crippen molar-refractivity contribution in [2.45, 2.75) is 121 Å². The van der Waals surface area contributed by atoms with Crippen molar-refractivity contribution in [2.75, 3.05) is 0 Å². The number of carboxylic acid groups (broad SMARTS) is 3. The minimum absolute atomic E-state index is 0. The van der Waals surface area contributed by atoms with Gasteiger partial charge >= 0.3 is 77.0 Å². The molecular weight excluding hydrogens is 486 g/mol. The third-order valence-corrected chi connectivity index (χ3v) is 6.08. The molecule has 0 amide bonds. The molecule has 0 aliphatic rings. The van der Waals surface area contributed by atoms with Crippen LogP contribution < -0.4 is 59.1 Å². The normalized spacial score (nSPS) is 11.2. The smallest absolute Gasteiger partial charge is 1.00 e. The summed E-state index contributed by atoms with van der Waals surface area (Å²) in [7, 11) is -4.84. The van der Waals surface area contributed by atoms with E-state index in [9.17, 15) is 22.8 Å². The Bertz CT molecular complexity index is 625. The summed E-state index contributed by atoms with van der Waals surface area (Å²) in [4.78, 5) is 30.3. The Hall–Kier alpha value is 0.320. The van der Waals surface area contributed by atoms with E-state index in [4.69, 9.17) is 19.9 Å². The fourth-order valence-corrected chi connectivity index (χ4v) is 3.73. The van der Waals surface area contributed by atoms with Gasteiger partial charge in [-0.15, -0.1) is 0 Å². The van der Waals surface area contributed by atoms with Crippen molar-refractivity contribution in [3.63, 3.8) is 0 Å². The van der Waals surface area contributed by atoms with Gasteiger partial charge in [-0.25, -0.2) is 0 Å². The van der Waals surface area contributed by atoms with Gasteiger partial charge in [0.15, 0.2) is 5.25 Å². The Kier molecular flexibility index (Phi) is 34.0. The molecule has 194 valence electrons. The first-order valence-electron chi connectivity index (χ1n) is 11.6. The van der Waals surface area contributed by atoms with Gasteiger partial charge in [-0.05, 0) is 6.42 Å². The monoisotopic (exact) mass is 530 g/mol. The molecule has 0 aromatic carbocycles. The van der Waals surface area contributed by atoms with Crippen LogP contribution in [0.3, 0.4) is 0 Å². The van der Waals surface area contributed by atoms with Crippen LogP contribution in [-0.2, 0) is 24.5 Å². The zero-order valence-corrected chi connectivity index (χ0v) is 26.2. The molecule has 12 heteroatoms. The maximum absolute atomic E-state index is 10.3. The van der Waals surface area contributed by atoms with E-state index in [0.717, 1.165) is 12.8 Å². The van der Waals surface area contributed by atoms with E-state index in [-0.39, 0.29) is 62.0 Å². The summed E-state index contributed by atoms with van der Waals surface area (Å²) < 4.78 is 28.7. The summed E-state index contributed by atoms with van der Waals surface area (Å²) in [5.41, 5.74) is 0. The Morgan fingerprint density at radius 2 is 0.971 bits per heavy atom. The molecule has 0 fully saturated rings. The van der Waals surface area contributed by atoms with Crippen molar-refractivity contribution in [1.82, 2.24) is 0 Å². The van der Waals surface area contributed by atoms with Crippen LogP contribution in [0.5, 0.6) is 0 Å². The molecule has 1 atom stereocenters. The minimum atomic E-state index is -4.84. The number of hydrogen-bond acceptors (Lipinski definition) is 5. The van der Waals surface area contributed by atoms with Crippen molar-refractivity contribution >= 4 is 28.0 Å². The summed E-state index contributed by atoms with van der Waals surface area (Å²) in [5, 5.41) is 22.4. The fourth-order valence-electron chi connectivity index (χ4n) is 3.13. The predicted molar refractivity (Wildman–Crippen MR) is 125 cm³/mol. The molecule has 34 heavy (non-hydrogen) atoms. The van der Waals surface area contributed by atoms with E-state index in [0.29, 0.717) is 6.42 Å². The van der Waals surface area contributed by atoms with E-state index in [1.54, 1.807) is 0 Å². The van der Waals surface area contributed by atoms with Gasteiger partial charge in [0.25, 0.3) is 10.1 Å². The number of aliphatic carboxylic acids is 3. The molecule has 0 heterocycles. The summed E-state index contributed by atoms with van der Waals surface area (Å²) in [6, 6.07) is 0. The zero-order chi connectivity index (χ0) is 24.8. The molecule has 0 aromatic heterocycles. The van der Waals surface area contributed by atoms with Crippen molar-refractivity contribution < 1.29 is 105 Å². The van der Waals surface area contributed by atoms with E-state index < -0.39 is 39.7 Å². The summed E-state index contributed by atoms with van der Waals surface area (Å²) in [5.74, 6) is -4.15. The standard InChI is InChI=1S/C18H36O2.C4H6O7S.2Na.2H/c1-2-3-4-5-6-7-8-9-10-11-12-13-14-15-16-17-18(19)20;5-3(6)1-2(4(7)8)12(9,10)11;;;;/h2-17H2,1H3,(H,19,20);2H,1H2,(H,5,6)(H,7,8)(H,9,10,11);;;;/q;;2*+1;2*-1. The quantitative estimate of drug-likeness (QED) is 0.0910. The largest absolute Gasteiger partial charge is 1.00 e. The fraction of sp³-hybridized carbons (Fsp3) is 0.864. The van der Waals surface area contributed by atoms with Crippen LogP contribution in [0.2, 0.25) is 0 Å². The topological polar surface area (TPSA) is 166 Å². The molecule has 0 bridgehead atoms. The van der Waals surface area contributed by atoms with Crippen LogP contribution in [-0.4, -0.2) is 51.4 Å². The molecule has 0 aromatic rings. The van der Waals surface area contributed by atoms with Gasteiger partial charge in [0, 0.05) is 6.42 Å². The summed E-state index contributed by atoms with van der Waals surface area (Å²) in [6.45, 7) is 2.27. The number of carbonyl (C=O) groups is 3. The molecule has 0 spiro atoms. The van der Waals surface area contributed by atoms with E-state index in [2.05, 4.69) is 6.92 Å². The second-order valence-electron chi connectivity index (χ2n) is 8.03. The second kappa shape index (κ2) is 27.9. The molecule has 0 rings (SSSR count). The first-order valence-corrected chi connectivity index (χ1v) is 13.1. The van der Waals surface area contributed by atoms with Gasteiger partial charge in [-0.1, -0.05) is 96.8 Å². The van der Waals surface area contributed by atoms with Crippen molar-refractivity contribution in [3.8, 4) is 0 Å². The van der Waals surface area contributed by atoms with Crippen LogP contribution in [0, 0.1) is 0 Å². The first-order chi connectivity index (χ1) is 15.0. The molecule has 0 saturated heterocycles. The number of unbranched alkanes of at least 4 members (excludes halogenated alkanes) is 14. The molecule has 0 radical (unpaired) electrons. The molecule has 0 aliphatic heterocycles. The average Bonchev–Trinajstić information content (AvgIpc) is 2.68. The third-order valence-electron chi connectivity index (χ3n) is 4.99. The van der Waals surface area contributed by atoms with Gasteiger partial charge in [-0.3, -0.25) is 18.9 Å². The molecule has 0 aliphatic carbocycles. The molecule has 1 unspecified atom stereocenters. The van der Waals surface area contributed by atoms with Crippen LogP contribution in [0.25, 0.3) is 0 Å². The Morgan fingerprint density at radius 3 is 1.18 bits per heavy atom. The first kappa shape index (κ1) is 41.4. The van der Waals surface area contributed by atoms with Crippen molar-refractivity contribution in [2.24, 2.45) is 0 Å². The second-order valence-corrected chi connectivity index (χ2v) is 9.63. The minimum Gasteiger partial charge on any atom is -1.00 e. The average molecular weight is 531 g/mol. The van der Waals surface area contributed by atoms with Gasteiger partial charge in [0.2, 0.25) is 0 Å². The molecular formula is C22H44Na2O9S. The van der Waals surface area contributed by atoms with Gasteiger partial charge < -0.3 is 18.2 Å². The molecule has 0 saturated carbocycles. The Balaban J connectivity index is -0.000000123. The van der Waals surface area contributed by atoms with Crippen molar-refractivity contribution in [3.05, 3.63) is 0 Å². The van der Waals surface area contributed by atoms with Crippen molar-refractivity contribution in [1.29, 1.82) is 0 Å². The number of hydrogen-bond donors (Lipinski definition) is 4. The van der Waals surface area contributed by atoms with Crippen LogP contribution >= 0.6 is 0 Å². The van der Waals surface area contributed by atoms with Crippen LogP contribution in [0.15, 0.2) is 0 Å². The molecule has 9 nitrogen and oxygen atoms in total. The number of carboxylic acids is 3. The maximum atomic E-state index is 10.3. The third kappa shape index (κ3) is 32.3. The van der Waals surface area contributed by atoms with Gasteiger partial charge in [0.1, 0.15) is 0 Å². The Morgan fingerprint density at radius 1 is 0.647 bits per heavy atom. The SMILES string of the molecule is CCCCCCCCCCCCCCCCCC(=O)O.O=C(O)CC(C(=O)O)S(=O)(=O)O.[H-].[H-].[Na+].[Na+]. The van der Waals surface area contributed by atoms with E-state index in [1.165, 1.54) is 83.5 Å². The van der Waals surface area contributed by atoms with Gasteiger partial charge in [0.05, 0.1) is 6.42 Å².